The van der Waals surface area contributed by atoms with Crippen LogP contribution in [0.25, 0.3) is 11.0 Å². The van der Waals surface area contributed by atoms with Crippen LogP contribution in [0.5, 0.6) is 11.5 Å². The van der Waals surface area contributed by atoms with E-state index in [1.54, 1.807) is 6.07 Å². The van der Waals surface area contributed by atoms with E-state index in [1.165, 1.54) is 18.4 Å². The molecule has 2 aliphatic heterocycles. The molecule has 1 spiro atoms. The number of furan rings is 1. The van der Waals surface area contributed by atoms with E-state index in [2.05, 4.69) is 11.0 Å². The number of phenols is 1. The molecule has 3 heterocycles. The molecule has 1 saturated heterocycles. The quantitative estimate of drug-likeness (QED) is 0.448. The van der Waals surface area contributed by atoms with Crippen LogP contribution in [-0.2, 0) is 28.4 Å². The van der Waals surface area contributed by atoms with Crippen molar-refractivity contribution in [2.45, 2.75) is 55.3 Å². The van der Waals surface area contributed by atoms with Gasteiger partial charge in [-0.3, -0.25) is 9.45 Å². The second kappa shape index (κ2) is 7.25. The van der Waals surface area contributed by atoms with Crippen molar-refractivity contribution in [3.8, 4) is 11.5 Å². The predicted octanol–water partition coefficient (Wildman–Crippen LogP) is 3.34. The molecule has 5 aliphatic rings. The smallest absolute Gasteiger partial charge is 0.261 e. The minimum Gasteiger partial charge on any atom is -0.504 e. The van der Waals surface area contributed by atoms with E-state index < -0.39 is 27.2 Å². The van der Waals surface area contributed by atoms with Gasteiger partial charge in [0.1, 0.15) is 11.3 Å². The summed E-state index contributed by atoms with van der Waals surface area (Å²) in [5, 5.41) is 24.5. The highest BCUT2D eigenvalue weighted by atomic mass is 32.2. The number of likely N-dealkylation sites (tertiary alicyclic amines) is 1. The summed E-state index contributed by atoms with van der Waals surface area (Å²) in [6.07, 6.45) is 5.12. The third kappa shape index (κ3) is 3.00. The molecule has 2 fully saturated rings. The largest absolute Gasteiger partial charge is 0.504 e. The summed E-state index contributed by atoms with van der Waals surface area (Å²) >= 11 is 0. The minimum atomic E-state index is -3.67. The van der Waals surface area contributed by atoms with Crippen LogP contribution in [0.2, 0.25) is 0 Å². The van der Waals surface area contributed by atoms with Crippen molar-refractivity contribution in [2.24, 2.45) is 5.92 Å². The molecule has 3 aliphatic carbocycles. The van der Waals surface area contributed by atoms with Crippen LogP contribution in [0.1, 0.15) is 47.8 Å². The molecule has 1 unspecified atom stereocenters. The van der Waals surface area contributed by atoms with E-state index in [9.17, 15) is 18.6 Å². The van der Waals surface area contributed by atoms with E-state index in [-0.39, 0.29) is 11.8 Å². The number of ether oxygens (including phenoxy) is 1. The zero-order valence-electron chi connectivity index (χ0n) is 20.0. The SMILES string of the molecule is CS(=O)(=O)O.Oc1ccc2c3c1O[C@H]1c4oc5ccccc5c4CC4(O)[C@@H](C2)N(CC2CC2)CC[C@]314. The number of piperidine rings is 1. The van der Waals surface area contributed by atoms with Gasteiger partial charge in [-0.25, -0.2) is 0 Å². The van der Waals surface area contributed by atoms with E-state index in [0.29, 0.717) is 18.4 Å². The minimum absolute atomic E-state index is 0.0535. The molecule has 4 atom stereocenters. The number of phenolic OH excluding ortho intramolecular Hbond substituents is 1. The van der Waals surface area contributed by atoms with Crippen LogP contribution in [0.4, 0.5) is 0 Å². The van der Waals surface area contributed by atoms with Crippen LogP contribution in [0.15, 0.2) is 40.8 Å². The third-order valence-corrected chi connectivity index (χ3v) is 8.93. The Balaban J connectivity index is 0.000000406. The van der Waals surface area contributed by atoms with Gasteiger partial charge in [0.05, 0.1) is 17.3 Å². The molecule has 0 amide bonds. The number of hydrogen-bond donors (Lipinski definition) is 3. The van der Waals surface area contributed by atoms with Gasteiger partial charge < -0.3 is 19.4 Å². The second-order valence-corrected chi connectivity index (χ2v) is 12.6. The fourth-order valence-corrected chi connectivity index (χ4v) is 7.42. The van der Waals surface area contributed by atoms with Crippen molar-refractivity contribution in [3.63, 3.8) is 0 Å². The predicted molar refractivity (Wildman–Crippen MR) is 132 cm³/mol. The Kier molecular flexibility index (Phi) is 4.55. The third-order valence-electron chi connectivity index (χ3n) is 8.93. The maximum atomic E-state index is 12.7. The lowest BCUT2D eigenvalue weighted by Crippen LogP contribution is -2.74. The summed E-state index contributed by atoms with van der Waals surface area (Å²) in [7, 11) is -3.67. The number of rotatable bonds is 2. The van der Waals surface area contributed by atoms with Crippen molar-refractivity contribution >= 4 is 21.1 Å². The monoisotopic (exact) mass is 511 g/mol. The summed E-state index contributed by atoms with van der Waals surface area (Å²) in [6, 6.07) is 12.0. The first-order valence-electron chi connectivity index (χ1n) is 12.5. The topological polar surface area (TPSA) is 120 Å². The zero-order chi connectivity index (χ0) is 25.0. The van der Waals surface area contributed by atoms with Gasteiger partial charge in [0.15, 0.2) is 17.6 Å². The van der Waals surface area contributed by atoms with Crippen molar-refractivity contribution in [1.82, 2.24) is 4.90 Å². The lowest BCUT2D eigenvalue weighted by molar-refractivity contribution is -0.175. The zero-order valence-corrected chi connectivity index (χ0v) is 20.8. The highest BCUT2D eigenvalue weighted by Crippen LogP contribution is 2.69. The molecule has 8 rings (SSSR count). The van der Waals surface area contributed by atoms with Crippen molar-refractivity contribution in [1.29, 1.82) is 0 Å². The second-order valence-electron chi connectivity index (χ2n) is 11.1. The summed E-state index contributed by atoms with van der Waals surface area (Å²) in [6.45, 7) is 2.03. The highest BCUT2D eigenvalue weighted by molar-refractivity contribution is 7.85. The average molecular weight is 512 g/mol. The van der Waals surface area contributed by atoms with Crippen LogP contribution in [0.3, 0.4) is 0 Å². The number of benzene rings is 2. The maximum absolute atomic E-state index is 12.7. The Morgan fingerprint density at radius 1 is 1.17 bits per heavy atom. The highest BCUT2D eigenvalue weighted by Gasteiger charge is 2.73. The van der Waals surface area contributed by atoms with Gasteiger partial charge in [-0.1, -0.05) is 24.3 Å². The first kappa shape index (κ1) is 22.6. The van der Waals surface area contributed by atoms with Crippen molar-refractivity contribution in [2.75, 3.05) is 19.3 Å². The van der Waals surface area contributed by atoms with Gasteiger partial charge in [-0.2, -0.15) is 8.42 Å². The first-order chi connectivity index (χ1) is 17.1. The number of aromatic hydroxyl groups is 1. The molecule has 8 nitrogen and oxygen atoms in total. The number of fused-ring (bicyclic) bond motifs is 4. The Bertz CT molecular complexity index is 1500. The van der Waals surface area contributed by atoms with E-state index >= 15 is 0 Å². The van der Waals surface area contributed by atoms with E-state index in [4.69, 9.17) is 13.7 Å². The molecule has 0 radical (unpaired) electrons. The molecule has 1 aromatic heterocycles. The van der Waals surface area contributed by atoms with Gasteiger partial charge in [0.2, 0.25) is 0 Å². The standard InChI is InChI=1S/C26H25NO4.CH4O3S/c28-18-8-7-15-11-20-26(29)12-17-16-3-1-2-4-19(16)30-22(17)24-25(26,21(15)23(18)31-24)9-10-27(20)13-14-5-6-14;1-5(2,3)4/h1-4,7-8,14,20,24,28-29H,5-6,9-13H2;1H3,(H,2,3,4)/t20-,24+,25+,26?;/m1./s1. The number of hydrogen-bond acceptors (Lipinski definition) is 7. The fraction of sp³-hybridized carbons (Fsp3) is 0.481. The fourth-order valence-electron chi connectivity index (χ4n) is 7.42. The summed E-state index contributed by atoms with van der Waals surface area (Å²) in [4.78, 5) is 2.56. The Labute approximate surface area is 209 Å². The molecule has 190 valence electrons. The molecule has 9 heteroatoms. The number of para-hydroxylation sites is 1. The van der Waals surface area contributed by atoms with E-state index in [0.717, 1.165) is 59.7 Å². The normalized spacial score (nSPS) is 31.8. The Morgan fingerprint density at radius 3 is 2.67 bits per heavy atom. The van der Waals surface area contributed by atoms with Gasteiger partial charge in [0, 0.05) is 35.5 Å². The van der Waals surface area contributed by atoms with Gasteiger partial charge in [-0.05, 0) is 55.8 Å². The molecular weight excluding hydrogens is 482 g/mol. The number of nitrogens with zero attached hydrogens (tertiary/aromatic N) is 1. The first-order valence-corrected chi connectivity index (χ1v) is 14.4. The number of aliphatic hydroxyl groups is 1. The summed E-state index contributed by atoms with van der Waals surface area (Å²) < 4.78 is 38.8. The van der Waals surface area contributed by atoms with Crippen LogP contribution >= 0.6 is 0 Å². The van der Waals surface area contributed by atoms with Crippen molar-refractivity contribution in [3.05, 3.63) is 58.8 Å². The molecule has 1 saturated carbocycles. The molecule has 2 bridgehead atoms. The van der Waals surface area contributed by atoms with Gasteiger partial charge in [0.25, 0.3) is 10.1 Å². The summed E-state index contributed by atoms with van der Waals surface area (Å²) in [5.74, 6) is 2.34. The molecular formula is C27H29NO7S. The van der Waals surface area contributed by atoms with Crippen LogP contribution < -0.4 is 4.74 Å². The lowest BCUT2D eigenvalue weighted by atomic mass is 9.49. The van der Waals surface area contributed by atoms with Crippen LogP contribution in [0, 0.1) is 5.92 Å². The average Bonchev–Trinajstić information content (AvgIpc) is 3.44. The lowest BCUT2D eigenvalue weighted by Gasteiger charge is -2.62. The van der Waals surface area contributed by atoms with Gasteiger partial charge >= 0.3 is 0 Å². The Hall–Kier alpha value is -2.59. The van der Waals surface area contributed by atoms with Gasteiger partial charge in [-0.15, -0.1) is 0 Å². The maximum Gasteiger partial charge on any atom is 0.261 e. The molecule has 3 aromatic rings. The van der Waals surface area contributed by atoms with Crippen LogP contribution in [-0.4, -0.2) is 59.1 Å². The Morgan fingerprint density at radius 2 is 1.92 bits per heavy atom. The van der Waals surface area contributed by atoms with Crippen molar-refractivity contribution < 1.29 is 32.3 Å². The molecule has 36 heavy (non-hydrogen) atoms. The molecule has 2 aromatic carbocycles. The molecule has 3 N–H and O–H groups in total. The summed E-state index contributed by atoms with van der Waals surface area (Å²) in [5.41, 5.74) is 2.65. The van der Waals surface area contributed by atoms with E-state index in [1.807, 2.05) is 24.3 Å².